The molecule has 3 fully saturated rings. The Morgan fingerprint density at radius 1 is 0.833 bits per heavy atom. The van der Waals surface area contributed by atoms with Gasteiger partial charge in [0.05, 0.1) is 6.61 Å². The lowest BCUT2D eigenvalue weighted by atomic mass is 9.98. The van der Waals surface area contributed by atoms with E-state index in [2.05, 4.69) is 0 Å². The molecule has 0 radical (unpaired) electrons. The number of aliphatic hydroxyl groups excluding tert-OH is 1. The predicted molar refractivity (Wildman–Crippen MR) is 61.7 cm³/mol. The number of fused-ring (bicyclic) bond motifs is 3. The molecule has 3 unspecified atom stereocenters. The number of hydrogen-bond donors (Lipinski definition) is 1. The third-order valence-corrected chi connectivity index (χ3v) is 3.15. The van der Waals surface area contributed by atoms with Gasteiger partial charge >= 0.3 is 0 Å². The van der Waals surface area contributed by atoms with Crippen molar-refractivity contribution in [3.8, 4) is 0 Å². The second-order valence-electron chi connectivity index (χ2n) is 4.34. The van der Waals surface area contributed by atoms with Crippen molar-refractivity contribution in [1.29, 1.82) is 0 Å². The van der Waals surface area contributed by atoms with E-state index in [-0.39, 0.29) is 30.9 Å². The van der Waals surface area contributed by atoms with Crippen LogP contribution >= 0.6 is 0 Å². The third-order valence-electron chi connectivity index (χ3n) is 3.15. The molecule has 0 aromatic heterocycles. The molecule has 6 heteroatoms. The van der Waals surface area contributed by atoms with Crippen LogP contribution in [0.5, 0.6) is 0 Å². The van der Waals surface area contributed by atoms with E-state index in [9.17, 15) is 5.11 Å². The molecule has 7 atom stereocenters. The summed E-state index contributed by atoms with van der Waals surface area (Å²) < 4.78 is 27.4. The topological polar surface area (TPSA) is 66.4 Å². The molecule has 3 aliphatic heterocycles. The van der Waals surface area contributed by atoms with Crippen LogP contribution in [-0.4, -0.2) is 55.0 Å². The van der Waals surface area contributed by atoms with E-state index in [4.69, 9.17) is 23.7 Å². The minimum Gasteiger partial charge on any atom is -0.366 e. The molecule has 0 amide bonds. The molecular weight excluding hydrogens is 240 g/mol. The van der Waals surface area contributed by atoms with Crippen LogP contribution < -0.4 is 0 Å². The van der Waals surface area contributed by atoms with Crippen molar-refractivity contribution in [1.82, 2.24) is 0 Å². The van der Waals surface area contributed by atoms with E-state index < -0.39 is 12.4 Å². The second-order valence-corrected chi connectivity index (χ2v) is 4.34. The summed E-state index contributed by atoms with van der Waals surface area (Å²) in [5.41, 5.74) is 0. The van der Waals surface area contributed by atoms with Crippen molar-refractivity contribution in [2.45, 2.75) is 71.0 Å². The Balaban J connectivity index is 0.000000574. The van der Waals surface area contributed by atoms with Crippen molar-refractivity contribution < 1.29 is 28.8 Å². The van der Waals surface area contributed by atoms with Crippen molar-refractivity contribution in [2.24, 2.45) is 0 Å². The summed E-state index contributed by atoms with van der Waals surface area (Å²) in [6.07, 6.45) is -2.87. The highest BCUT2D eigenvalue weighted by Gasteiger charge is 2.54. The minimum absolute atomic E-state index is 0.234. The zero-order valence-corrected chi connectivity index (χ0v) is 11.2. The van der Waals surface area contributed by atoms with Gasteiger partial charge in [0.15, 0.2) is 18.9 Å². The van der Waals surface area contributed by atoms with Gasteiger partial charge in [0.1, 0.15) is 24.4 Å². The highest BCUT2D eigenvalue weighted by Crippen LogP contribution is 2.35. The minimum atomic E-state index is -0.975. The summed E-state index contributed by atoms with van der Waals surface area (Å²) in [5, 5.41) is 9.76. The first-order valence-electron chi connectivity index (χ1n) is 6.56. The Hall–Kier alpha value is -0.240. The third kappa shape index (κ3) is 2.54. The molecule has 3 aliphatic rings. The molecule has 0 saturated carbocycles. The number of rotatable bonds is 0. The Bertz CT molecular complexity index is 273. The first-order chi connectivity index (χ1) is 8.65. The smallest absolute Gasteiger partial charge is 0.184 e. The lowest BCUT2D eigenvalue weighted by Crippen LogP contribution is -2.61. The summed E-state index contributed by atoms with van der Waals surface area (Å²) in [6.45, 7) is 8.03. The average Bonchev–Trinajstić information content (AvgIpc) is 2.76. The fourth-order valence-corrected chi connectivity index (χ4v) is 2.46. The molecule has 3 rings (SSSR count). The van der Waals surface area contributed by atoms with Gasteiger partial charge in [-0.3, -0.25) is 0 Å². The van der Waals surface area contributed by atoms with E-state index in [0.717, 1.165) is 0 Å². The standard InChI is InChI=1S/C10H16O6.C2H6/c1-4-12-3-6-7(13-4)8-9(10(11)16-6)15-5(2)14-8;1-2/h4-11H,3H2,1-2H3;1-2H3/t4?,5?,6-,7?,8+,9-,10+;/m1./s1. The van der Waals surface area contributed by atoms with Gasteiger partial charge < -0.3 is 28.8 Å². The van der Waals surface area contributed by atoms with Crippen LogP contribution in [0.1, 0.15) is 27.7 Å². The van der Waals surface area contributed by atoms with E-state index in [1.54, 1.807) is 6.92 Å². The Kier molecular flexibility index (Phi) is 4.58. The van der Waals surface area contributed by atoms with Crippen LogP contribution in [0.3, 0.4) is 0 Å². The van der Waals surface area contributed by atoms with Gasteiger partial charge in [0.2, 0.25) is 0 Å². The predicted octanol–water partition coefficient (Wildman–Crippen LogP) is 0.621. The molecule has 0 aromatic carbocycles. The SMILES string of the molecule is CC.CC1OC[C@H]2O[C@H](O)[C@@H]3OC(C)O[C@H]3C2O1. The summed E-state index contributed by atoms with van der Waals surface area (Å²) >= 11 is 0. The molecule has 0 bridgehead atoms. The van der Waals surface area contributed by atoms with Gasteiger partial charge in [-0.15, -0.1) is 0 Å². The Morgan fingerprint density at radius 3 is 2.17 bits per heavy atom. The normalized spacial score (nSPS) is 50.8. The van der Waals surface area contributed by atoms with Gasteiger partial charge in [-0.25, -0.2) is 0 Å². The molecule has 106 valence electrons. The van der Waals surface area contributed by atoms with E-state index in [0.29, 0.717) is 6.61 Å². The lowest BCUT2D eigenvalue weighted by Gasteiger charge is -2.44. The summed E-state index contributed by atoms with van der Waals surface area (Å²) in [7, 11) is 0. The maximum absolute atomic E-state index is 9.76. The first kappa shape index (κ1) is 14.2. The fraction of sp³-hybridized carbons (Fsp3) is 1.00. The molecule has 1 N–H and O–H groups in total. The van der Waals surface area contributed by atoms with Gasteiger partial charge in [0, 0.05) is 0 Å². The number of aliphatic hydroxyl groups is 1. The van der Waals surface area contributed by atoms with Crippen molar-refractivity contribution in [3.63, 3.8) is 0 Å². The van der Waals surface area contributed by atoms with Crippen LogP contribution in [-0.2, 0) is 23.7 Å². The molecule has 0 aliphatic carbocycles. The quantitative estimate of drug-likeness (QED) is 0.690. The number of hydrogen-bond acceptors (Lipinski definition) is 6. The van der Waals surface area contributed by atoms with Gasteiger partial charge in [0.25, 0.3) is 0 Å². The molecule has 0 aromatic rings. The number of ether oxygens (including phenoxy) is 5. The molecule has 0 spiro atoms. The maximum atomic E-state index is 9.76. The van der Waals surface area contributed by atoms with Crippen LogP contribution in [0.25, 0.3) is 0 Å². The van der Waals surface area contributed by atoms with E-state index in [1.165, 1.54) is 0 Å². The second kappa shape index (κ2) is 5.81. The van der Waals surface area contributed by atoms with Crippen LogP contribution in [0, 0.1) is 0 Å². The molecule has 3 saturated heterocycles. The summed E-state index contributed by atoms with van der Waals surface area (Å²) in [5.74, 6) is 0. The molecule has 18 heavy (non-hydrogen) atoms. The Morgan fingerprint density at radius 2 is 1.44 bits per heavy atom. The van der Waals surface area contributed by atoms with Crippen molar-refractivity contribution >= 4 is 0 Å². The van der Waals surface area contributed by atoms with E-state index in [1.807, 2.05) is 20.8 Å². The van der Waals surface area contributed by atoms with Crippen LogP contribution in [0.15, 0.2) is 0 Å². The van der Waals surface area contributed by atoms with Crippen LogP contribution in [0.2, 0.25) is 0 Å². The van der Waals surface area contributed by atoms with Crippen molar-refractivity contribution in [3.05, 3.63) is 0 Å². The zero-order valence-electron chi connectivity index (χ0n) is 11.2. The summed E-state index contributed by atoms with van der Waals surface area (Å²) in [6, 6.07) is 0. The first-order valence-corrected chi connectivity index (χ1v) is 6.56. The van der Waals surface area contributed by atoms with Crippen molar-refractivity contribution in [2.75, 3.05) is 6.61 Å². The molecular formula is C12H22O6. The van der Waals surface area contributed by atoms with Gasteiger partial charge in [-0.1, -0.05) is 13.8 Å². The monoisotopic (exact) mass is 262 g/mol. The Labute approximate surface area is 107 Å². The zero-order chi connectivity index (χ0) is 13.3. The van der Waals surface area contributed by atoms with E-state index >= 15 is 0 Å². The highest BCUT2D eigenvalue weighted by molar-refractivity contribution is 4.95. The fourth-order valence-electron chi connectivity index (χ4n) is 2.46. The average molecular weight is 262 g/mol. The largest absolute Gasteiger partial charge is 0.366 e. The molecule has 3 heterocycles. The summed E-state index contributed by atoms with van der Waals surface area (Å²) in [4.78, 5) is 0. The highest BCUT2D eigenvalue weighted by atomic mass is 16.8. The maximum Gasteiger partial charge on any atom is 0.184 e. The lowest BCUT2D eigenvalue weighted by molar-refractivity contribution is -0.333. The van der Waals surface area contributed by atoms with Crippen LogP contribution in [0.4, 0.5) is 0 Å². The van der Waals surface area contributed by atoms with Gasteiger partial charge in [-0.05, 0) is 13.8 Å². The molecule has 6 nitrogen and oxygen atoms in total. The van der Waals surface area contributed by atoms with Gasteiger partial charge in [-0.2, -0.15) is 0 Å².